The molecule has 13 heavy (non-hydrogen) atoms. The highest BCUT2D eigenvalue weighted by molar-refractivity contribution is 5.29. The molecule has 0 unspecified atom stereocenters. The molecular weight excluding hydrogens is 156 g/mol. The van der Waals surface area contributed by atoms with Gasteiger partial charge < -0.3 is 0 Å². The molecular formula is C13H20. The molecule has 0 aliphatic heterocycles. The molecule has 1 aliphatic carbocycles. The second-order valence-electron chi connectivity index (χ2n) is 3.80. The molecule has 0 aromatic heterocycles. The van der Waals surface area contributed by atoms with Gasteiger partial charge in [-0.05, 0) is 44.6 Å². The van der Waals surface area contributed by atoms with Crippen LogP contribution < -0.4 is 0 Å². The third-order valence-corrected chi connectivity index (χ3v) is 2.48. The first kappa shape index (κ1) is 10.3. The number of hydrogen-bond donors (Lipinski definition) is 0. The molecule has 1 rings (SSSR count). The van der Waals surface area contributed by atoms with E-state index in [1.807, 2.05) is 0 Å². The third-order valence-electron chi connectivity index (χ3n) is 2.48. The fraction of sp³-hybridized carbons (Fsp3) is 0.538. The van der Waals surface area contributed by atoms with Gasteiger partial charge in [0.1, 0.15) is 0 Å². The van der Waals surface area contributed by atoms with Gasteiger partial charge in [0.2, 0.25) is 0 Å². The van der Waals surface area contributed by atoms with Crippen LogP contribution in [0, 0.1) is 5.92 Å². The van der Waals surface area contributed by atoms with Crippen LogP contribution in [0.25, 0.3) is 0 Å². The summed E-state index contributed by atoms with van der Waals surface area (Å²) in [6.07, 6.45) is 13.0. The van der Waals surface area contributed by atoms with Crippen LogP contribution in [-0.4, -0.2) is 0 Å². The predicted molar refractivity (Wildman–Crippen MR) is 59.7 cm³/mol. The zero-order valence-corrected chi connectivity index (χ0v) is 9.01. The van der Waals surface area contributed by atoms with Crippen molar-refractivity contribution in [1.29, 1.82) is 0 Å². The Labute approximate surface area is 82.0 Å². The van der Waals surface area contributed by atoms with E-state index in [2.05, 4.69) is 45.1 Å². The van der Waals surface area contributed by atoms with Crippen LogP contribution >= 0.6 is 0 Å². The topological polar surface area (TPSA) is 0 Å². The van der Waals surface area contributed by atoms with E-state index in [9.17, 15) is 0 Å². The van der Waals surface area contributed by atoms with Crippen molar-refractivity contribution >= 4 is 0 Å². The number of rotatable bonds is 4. The summed E-state index contributed by atoms with van der Waals surface area (Å²) in [6, 6.07) is 0. The molecule has 1 fully saturated rings. The van der Waals surface area contributed by atoms with E-state index in [1.54, 1.807) is 0 Å². The summed E-state index contributed by atoms with van der Waals surface area (Å²) < 4.78 is 0. The standard InChI is InChI=1S/C13H20/c1-4-11(3)10-12(5-2)6-7-13-8-9-13/h4,6-7,10,13H,5,8-9H2,1-3H3/b7-6+,11-4+,12-10+. The molecule has 0 nitrogen and oxygen atoms in total. The number of allylic oxidation sites excluding steroid dienone is 6. The summed E-state index contributed by atoms with van der Waals surface area (Å²) in [5, 5.41) is 0. The summed E-state index contributed by atoms with van der Waals surface area (Å²) in [5.74, 6) is 0.890. The first-order valence-corrected chi connectivity index (χ1v) is 5.28. The van der Waals surface area contributed by atoms with Gasteiger partial charge in [-0.15, -0.1) is 0 Å². The van der Waals surface area contributed by atoms with E-state index in [4.69, 9.17) is 0 Å². The molecule has 0 bridgehead atoms. The first-order chi connectivity index (χ1) is 6.26. The van der Waals surface area contributed by atoms with Gasteiger partial charge in [-0.3, -0.25) is 0 Å². The molecule has 0 spiro atoms. The van der Waals surface area contributed by atoms with Crippen LogP contribution in [0.4, 0.5) is 0 Å². The minimum absolute atomic E-state index is 0.890. The highest BCUT2D eigenvalue weighted by Crippen LogP contribution is 2.30. The van der Waals surface area contributed by atoms with Crippen LogP contribution in [0.5, 0.6) is 0 Å². The van der Waals surface area contributed by atoms with Gasteiger partial charge in [0.25, 0.3) is 0 Å². The van der Waals surface area contributed by atoms with Crippen LogP contribution in [0.2, 0.25) is 0 Å². The van der Waals surface area contributed by atoms with Gasteiger partial charge >= 0.3 is 0 Å². The first-order valence-electron chi connectivity index (χ1n) is 5.28. The minimum Gasteiger partial charge on any atom is -0.0847 e. The van der Waals surface area contributed by atoms with Crippen LogP contribution in [0.3, 0.4) is 0 Å². The average molecular weight is 176 g/mol. The molecule has 0 N–H and O–H groups in total. The van der Waals surface area contributed by atoms with Crippen LogP contribution in [0.1, 0.15) is 40.0 Å². The maximum Gasteiger partial charge on any atom is -0.0230 e. The maximum atomic E-state index is 2.36. The van der Waals surface area contributed by atoms with Gasteiger partial charge in [0.05, 0.1) is 0 Å². The molecule has 0 heterocycles. The third kappa shape index (κ3) is 4.12. The zero-order valence-electron chi connectivity index (χ0n) is 9.01. The van der Waals surface area contributed by atoms with Crippen molar-refractivity contribution in [2.45, 2.75) is 40.0 Å². The Bertz CT molecular complexity index is 237. The van der Waals surface area contributed by atoms with Gasteiger partial charge in [-0.1, -0.05) is 36.8 Å². The highest BCUT2D eigenvalue weighted by atomic mass is 14.2. The van der Waals surface area contributed by atoms with Crippen molar-refractivity contribution in [2.75, 3.05) is 0 Å². The Kier molecular flexibility index (Phi) is 4.01. The Hall–Kier alpha value is -0.780. The van der Waals surface area contributed by atoms with Crippen LogP contribution in [0.15, 0.2) is 35.5 Å². The molecule has 0 heteroatoms. The molecule has 0 atom stereocenters. The quantitative estimate of drug-likeness (QED) is 0.561. The van der Waals surface area contributed by atoms with E-state index in [-0.39, 0.29) is 0 Å². The van der Waals surface area contributed by atoms with Gasteiger partial charge in [-0.2, -0.15) is 0 Å². The van der Waals surface area contributed by atoms with Crippen molar-refractivity contribution in [1.82, 2.24) is 0 Å². The maximum absolute atomic E-state index is 2.36. The van der Waals surface area contributed by atoms with E-state index < -0.39 is 0 Å². The lowest BCUT2D eigenvalue weighted by molar-refractivity contribution is 1.09. The molecule has 0 aromatic rings. The van der Waals surface area contributed by atoms with Gasteiger partial charge in [0.15, 0.2) is 0 Å². The smallest absolute Gasteiger partial charge is 0.0230 e. The minimum atomic E-state index is 0.890. The molecule has 0 aromatic carbocycles. The van der Waals surface area contributed by atoms with Crippen molar-refractivity contribution in [3.05, 3.63) is 35.5 Å². The lowest BCUT2D eigenvalue weighted by Gasteiger charge is -1.97. The van der Waals surface area contributed by atoms with E-state index >= 15 is 0 Å². The second-order valence-corrected chi connectivity index (χ2v) is 3.80. The largest absolute Gasteiger partial charge is 0.0847 e. The fourth-order valence-electron chi connectivity index (χ4n) is 1.19. The Morgan fingerprint density at radius 2 is 2.08 bits per heavy atom. The van der Waals surface area contributed by atoms with Crippen molar-refractivity contribution < 1.29 is 0 Å². The SMILES string of the molecule is C/C=C(C)/C=C(/C=C/C1CC1)CC. The predicted octanol–water partition coefficient (Wildman–Crippen LogP) is 4.26. The molecule has 0 radical (unpaired) electrons. The number of hydrogen-bond acceptors (Lipinski definition) is 0. The Morgan fingerprint density at radius 3 is 2.54 bits per heavy atom. The van der Waals surface area contributed by atoms with Crippen molar-refractivity contribution in [2.24, 2.45) is 5.92 Å². The molecule has 0 saturated heterocycles. The Balaban J connectivity index is 2.54. The van der Waals surface area contributed by atoms with Gasteiger partial charge in [-0.25, -0.2) is 0 Å². The van der Waals surface area contributed by atoms with Crippen LogP contribution in [-0.2, 0) is 0 Å². The molecule has 0 amide bonds. The summed E-state index contributed by atoms with van der Waals surface area (Å²) in [6.45, 7) is 6.45. The van der Waals surface area contributed by atoms with Crippen molar-refractivity contribution in [3.63, 3.8) is 0 Å². The molecule has 1 saturated carbocycles. The second kappa shape index (κ2) is 5.06. The van der Waals surface area contributed by atoms with E-state index in [1.165, 1.54) is 24.0 Å². The monoisotopic (exact) mass is 176 g/mol. The summed E-state index contributed by atoms with van der Waals surface area (Å²) in [5.41, 5.74) is 2.81. The lowest BCUT2D eigenvalue weighted by Crippen LogP contribution is -1.77. The molecule has 1 aliphatic rings. The van der Waals surface area contributed by atoms with E-state index in [0.717, 1.165) is 12.3 Å². The summed E-state index contributed by atoms with van der Waals surface area (Å²) in [7, 11) is 0. The normalized spacial score (nSPS) is 19.9. The molecule has 72 valence electrons. The van der Waals surface area contributed by atoms with E-state index in [0.29, 0.717) is 0 Å². The Morgan fingerprint density at radius 1 is 1.38 bits per heavy atom. The highest BCUT2D eigenvalue weighted by Gasteiger charge is 2.16. The average Bonchev–Trinajstić information content (AvgIpc) is 2.95. The lowest BCUT2D eigenvalue weighted by atomic mass is 10.1. The van der Waals surface area contributed by atoms with Crippen molar-refractivity contribution in [3.8, 4) is 0 Å². The zero-order chi connectivity index (χ0) is 9.68. The summed E-state index contributed by atoms with van der Waals surface area (Å²) in [4.78, 5) is 0. The van der Waals surface area contributed by atoms with Gasteiger partial charge in [0, 0.05) is 0 Å². The fourth-order valence-corrected chi connectivity index (χ4v) is 1.19. The summed E-state index contributed by atoms with van der Waals surface area (Å²) >= 11 is 0.